The molecule has 0 amide bonds. The van der Waals surface area contributed by atoms with Crippen molar-refractivity contribution in [1.82, 2.24) is 16.1 Å². The molecular formula is C8H9N3S. The van der Waals surface area contributed by atoms with Crippen LogP contribution in [0.15, 0.2) is 36.0 Å². The molecule has 0 radical (unpaired) electrons. The zero-order valence-corrected chi connectivity index (χ0v) is 7.29. The standard InChI is InChI=1S/C8H6N2S.H3N/c1-2-4-9-7(3-1)8-10-5-6-11-8;/h1-6H;1H3. The largest absolute Gasteiger partial charge is 0.344 e. The van der Waals surface area contributed by atoms with Crippen molar-refractivity contribution in [2.24, 2.45) is 0 Å². The molecule has 0 spiro atoms. The molecule has 3 N–H and O–H groups in total. The average Bonchev–Trinajstić information content (AvgIpc) is 2.58. The molecule has 0 atom stereocenters. The molecule has 0 aromatic carbocycles. The summed E-state index contributed by atoms with van der Waals surface area (Å²) in [5.41, 5.74) is 0.947. The molecule has 0 aliphatic heterocycles. The van der Waals surface area contributed by atoms with E-state index in [1.807, 2.05) is 23.6 Å². The summed E-state index contributed by atoms with van der Waals surface area (Å²) in [4.78, 5) is 8.31. The Balaban J connectivity index is 0.000000720. The van der Waals surface area contributed by atoms with Gasteiger partial charge in [0.1, 0.15) is 5.01 Å². The predicted octanol–water partition coefficient (Wildman–Crippen LogP) is 2.37. The van der Waals surface area contributed by atoms with E-state index in [0.29, 0.717) is 0 Å². The van der Waals surface area contributed by atoms with E-state index in [0.717, 1.165) is 10.7 Å². The smallest absolute Gasteiger partial charge is 0.141 e. The van der Waals surface area contributed by atoms with Gasteiger partial charge in [-0.05, 0) is 12.1 Å². The highest BCUT2D eigenvalue weighted by molar-refractivity contribution is 7.13. The van der Waals surface area contributed by atoms with Crippen molar-refractivity contribution < 1.29 is 0 Å². The second-order valence-corrected chi connectivity index (χ2v) is 2.95. The summed E-state index contributed by atoms with van der Waals surface area (Å²) in [6.07, 6.45) is 3.56. The van der Waals surface area contributed by atoms with Crippen LogP contribution >= 0.6 is 11.3 Å². The van der Waals surface area contributed by atoms with Crippen LogP contribution in [-0.2, 0) is 0 Å². The number of hydrogen-bond acceptors (Lipinski definition) is 4. The van der Waals surface area contributed by atoms with E-state index >= 15 is 0 Å². The molecular weight excluding hydrogens is 170 g/mol. The van der Waals surface area contributed by atoms with Gasteiger partial charge in [-0.25, -0.2) is 4.98 Å². The lowest BCUT2D eigenvalue weighted by atomic mass is 10.4. The number of thiazole rings is 1. The van der Waals surface area contributed by atoms with Crippen molar-refractivity contribution in [3.63, 3.8) is 0 Å². The van der Waals surface area contributed by atoms with Gasteiger partial charge < -0.3 is 6.15 Å². The first-order valence-electron chi connectivity index (χ1n) is 3.28. The van der Waals surface area contributed by atoms with Crippen LogP contribution in [0.4, 0.5) is 0 Å². The first-order valence-corrected chi connectivity index (χ1v) is 4.16. The fourth-order valence-electron chi connectivity index (χ4n) is 0.839. The molecule has 2 rings (SSSR count). The average molecular weight is 179 g/mol. The minimum absolute atomic E-state index is 0. The lowest BCUT2D eigenvalue weighted by Gasteiger charge is -1.90. The number of hydrogen-bond donors (Lipinski definition) is 1. The maximum absolute atomic E-state index is 4.17. The molecule has 62 valence electrons. The molecule has 0 unspecified atom stereocenters. The molecule has 3 nitrogen and oxygen atoms in total. The Bertz CT molecular complexity index is 317. The van der Waals surface area contributed by atoms with Crippen molar-refractivity contribution in [3.05, 3.63) is 36.0 Å². The van der Waals surface area contributed by atoms with Gasteiger partial charge in [0.15, 0.2) is 0 Å². The Morgan fingerprint density at radius 3 is 2.58 bits per heavy atom. The first kappa shape index (κ1) is 8.83. The van der Waals surface area contributed by atoms with Crippen LogP contribution in [0, 0.1) is 0 Å². The molecule has 0 saturated heterocycles. The van der Waals surface area contributed by atoms with E-state index < -0.39 is 0 Å². The predicted molar refractivity (Wildman–Crippen MR) is 50.4 cm³/mol. The first-order chi connectivity index (χ1) is 5.47. The normalized spacial score (nSPS) is 9.00. The maximum atomic E-state index is 4.17. The van der Waals surface area contributed by atoms with Crippen LogP contribution in [0.2, 0.25) is 0 Å². The van der Waals surface area contributed by atoms with E-state index in [4.69, 9.17) is 0 Å². The third kappa shape index (κ3) is 1.66. The van der Waals surface area contributed by atoms with Gasteiger partial charge in [0.05, 0.1) is 5.69 Å². The van der Waals surface area contributed by atoms with Crippen LogP contribution in [-0.4, -0.2) is 9.97 Å². The van der Waals surface area contributed by atoms with Gasteiger partial charge in [-0.15, -0.1) is 11.3 Å². The Labute approximate surface area is 74.7 Å². The van der Waals surface area contributed by atoms with Crippen LogP contribution in [0.25, 0.3) is 10.7 Å². The van der Waals surface area contributed by atoms with Crippen molar-refractivity contribution in [3.8, 4) is 10.7 Å². The van der Waals surface area contributed by atoms with E-state index in [-0.39, 0.29) is 6.15 Å². The molecule has 0 fully saturated rings. The fourth-order valence-corrected chi connectivity index (χ4v) is 1.45. The summed E-state index contributed by atoms with van der Waals surface area (Å²) in [5.74, 6) is 0. The molecule has 0 saturated carbocycles. The van der Waals surface area contributed by atoms with Gasteiger partial charge in [-0.1, -0.05) is 6.07 Å². The van der Waals surface area contributed by atoms with Gasteiger partial charge in [-0.2, -0.15) is 0 Å². The molecule has 0 aliphatic rings. The minimum atomic E-state index is 0. The Morgan fingerprint density at radius 2 is 2.00 bits per heavy atom. The molecule has 12 heavy (non-hydrogen) atoms. The topological polar surface area (TPSA) is 60.8 Å². The van der Waals surface area contributed by atoms with Gasteiger partial charge >= 0.3 is 0 Å². The SMILES string of the molecule is N.c1ccc(-c2nccs2)nc1. The quantitative estimate of drug-likeness (QED) is 0.731. The van der Waals surface area contributed by atoms with Gasteiger partial charge in [0.2, 0.25) is 0 Å². The third-order valence-corrected chi connectivity index (χ3v) is 2.11. The number of nitrogens with zero attached hydrogens (tertiary/aromatic N) is 2. The summed E-state index contributed by atoms with van der Waals surface area (Å²) >= 11 is 1.60. The highest BCUT2D eigenvalue weighted by Gasteiger charge is 1.97. The second kappa shape index (κ2) is 3.94. The molecule has 2 aromatic heterocycles. The molecule has 0 aliphatic carbocycles. The molecule has 4 heteroatoms. The highest BCUT2D eigenvalue weighted by atomic mass is 32.1. The summed E-state index contributed by atoms with van der Waals surface area (Å²) in [6, 6.07) is 5.82. The summed E-state index contributed by atoms with van der Waals surface area (Å²) in [5, 5.41) is 2.93. The lowest BCUT2D eigenvalue weighted by molar-refractivity contribution is 1.29. The summed E-state index contributed by atoms with van der Waals surface area (Å²) < 4.78 is 0. The van der Waals surface area contributed by atoms with Crippen LogP contribution in [0.5, 0.6) is 0 Å². The van der Waals surface area contributed by atoms with Crippen LogP contribution in [0.3, 0.4) is 0 Å². The number of aromatic nitrogens is 2. The Hall–Kier alpha value is -1.26. The van der Waals surface area contributed by atoms with Crippen molar-refractivity contribution in [1.29, 1.82) is 0 Å². The van der Waals surface area contributed by atoms with E-state index in [9.17, 15) is 0 Å². The summed E-state index contributed by atoms with van der Waals surface area (Å²) in [6.45, 7) is 0. The molecule has 2 aromatic rings. The third-order valence-electron chi connectivity index (χ3n) is 1.32. The second-order valence-electron chi connectivity index (χ2n) is 2.05. The van der Waals surface area contributed by atoms with E-state index in [1.54, 1.807) is 23.7 Å². The number of pyridine rings is 1. The Kier molecular flexibility index (Phi) is 2.90. The number of rotatable bonds is 1. The van der Waals surface area contributed by atoms with E-state index in [2.05, 4.69) is 9.97 Å². The minimum Gasteiger partial charge on any atom is -0.344 e. The van der Waals surface area contributed by atoms with Crippen LogP contribution in [0.1, 0.15) is 0 Å². The fraction of sp³-hybridized carbons (Fsp3) is 0. The Morgan fingerprint density at radius 1 is 1.08 bits per heavy atom. The highest BCUT2D eigenvalue weighted by Crippen LogP contribution is 2.17. The van der Waals surface area contributed by atoms with E-state index in [1.165, 1.54) is 0 Å². The van der Waals surface area contributed by atoms with Crippen molar-refractivity contribution >= 4 is 11.3 Å². The zero-order valence-electron chi connectivity index (χ0n) is 6.47. The van der Waals surface area contributed by atoms with Crippen molar-refractivity contribution in [2.75, 3.05) is 0 Å². The lowest BCUT2D eigenvalue weighted by Crippen LogP contribution is -1.78. The van der Waals surface area contributed by atoms with Gasteiger partial charge in [-0.3, -0.25) is 4.98 Å². The zero-order chi connectivity index (χ0) is 7.52. The summed E-state index contributed by atoms with van der Waals surface area (Å²) in [7, 11) is 0. The van der Waals surface area contributed by atoms with Crippen molar-refractivity contribution in [2.45, 2.75) is 0 Å². The molecule has 2 heterocycles. The molecule has 0 bridgehead atoms. The van der Waals surface area contributed by atoms with Crippen LogP contribution < -0.4 is 6.15 Å². The monoisotopic (exact) mass is 179 g/mol. The maximum Gasteiger partial charge on any atom is 0.141 e. The van der Waals surface area contributed by atoms with Gasteiger partial charge in [0.25, 0.3) is 0 Å². The van der Waals surface area contributed by atoms with Gasteiger partial charge in [0, 0.05) is 17.8 Å².